The van der Waals surface area contributed by atoms with Crippen molar-refractivity contribution in [2.45, 2.75) is 0 Å². The third-order valence-corrected chi connectivity index (χ3v) is 4.19. The van der Waals surface area contributed by atoms with E-state index in [0.717, 1.165) is 15.8 Å². The minimum atomic E-state index is -0.305. The highest BCUT2D eigenvalue weighted by molar-refractivity contribution is 7.19. The number of rotatable bonds is 2. The van der Waals surface area contributed by atoms with E-state index in [2.05, 4.69) is 11.1 Å². The fourth-order valence-electron chi connectivity index (χ4n) is 1.88. The molecule has 0 amide bonds. The number of allylic oxidation sites excluding steroid dienone is 1. The van der Waals surface area contributed by atoms with Crippen LogP contribution in [0.5, 0.6) is 0 Å². The number of hydrogen-bond donors (Lipinski definition) is 0. The van der Waals surface area contributed by atoms with Crippen molar-refractivity contribution in [1.29, 1.82) is 5.26 Å². The van der Waals surface area contributed by atoms with E-state index in [-0.39, 0.29) is 5.82 Å². The SMILES string of the molecule is N#C/C(=C\c1ccc(F)cc1)c1nc2cc(Cl)ccc2s1. The van der Waals surface area contributed by atoms with E-state index in [0.29, 0.717) is 15.6 Å². The first kappa shape index (κ1) is 13.7. The molecule has 0 fully saturated rings. The molecule has 0 saturated carbocycles. The summed E-state index contributed by atoms with van der Waals surface area (Å²) in [5.74, 6) is -0.305. The summed E-state index contributed by atoms with van der Waals surface area (Å²) in [5, 5.41) is 10.6. The molecule has 0 aliphatic carbocycles. The Balaban J connectivity index is 2.05. The predicted molar refractivity (Wildman–Crippen MR) is 84.5 cm³/mol. The Kier molecular flexibility index (Phi) is 3.70. The van der Waals surface area contributed by atoms with Gasteiger partial charge >= 0.3 is 0 Å². The lowest BCUT2D eigenvalue weighted by atomic mass is 10.1. The summed E-state index contributed by atoms with van der Waals surface area (Å²) in [6, 6.07) is 13.5. The fraction of sp³-hybridized carbons (Fsp3) is 0. The van der Waals surface area contributed by atoms with E-state index >= 15 is 0 Å². The van der Waals surface area contributed by atoms with Crippen LogP contribution in [0.2, 0.25) is 5.02 Å². The van der Waals surface area contributed by atoms with Crippen LogP contribution in [-0.2, 0) is 0 Å². The van der Waals surface area contributed by atoms with Crippen LogP contribution in [-0.4, -0.2) is 4.98 Å². The van der Waals surface area contributed by atoms with Gasteiger partial charge in [0.15, 0.2) is 0 Å². The molecule has 0 aliphatic heterocycles. The predicted octanol–water partition coefficient (Wildman–Crippen LogP) is 5.15. The smallest absolute Gasteiger partial charge is 0.135 e. The van der Waals surface area contributed by atoms with Crippen molar-refractivity contribution >= 4 is 44.8 Å². The first-order valence-electron chi connectivity index (χ1n) is 6.09. The number of fused-ring (bicyclic) bond motifs is 1. The average molecular weight is 315 g/mol. The van der Waals surface area contributed by atoms with Gasteiger partial charge in [0.25, 0.3) is 0 Å². The van der Waals surface area contributed by atoms with Crippen LogP contribution >= 0.6 is 22.9 Å². The van der Waals surface area contributed by atoms with E-state index in [9.17, 15) is 9.65 Å². The molecule has 21 heavy (non-hydrogen) atoms. The van der Waals surface area contributed by atoms with Gasteiger partial charge in [0.2, 0.25) is 0 Å². The molecule has 0 atom stereocenters. The number of nitriles is 1. The zero-order valence-corrected chi connectivity index (χ0v) is 12.2. The van der Waals surface area contributed by atoms with Crippen LogP contribution < -0.4 is 0 Å². The molecule has 0 aliphatic rings. The lowest BCUT2D eigenvalue weighted by Crippen LogP contribution is -1.81. The largest absolute Gasteiger partial charge is 0.235 e. The second-order valence-corrected chi connectivity index (χ2v) is 5.82. The molecule has 102 valence electrons. The second-order valence-electron chi connectivity index (χ2n) is 4.35. The minimum absolute atomic E-state index is 0.305. The number of benzene rings is 2. The van der Waals surface area contributed by atoms with Crippen molar-refractivity contribution in [3.05, 3.63) is 63.9 Å². The van der Waals surface area contributed by atoms with Gasteiger partial charge < -0.3 is 0 Å². The second kappa shape index (κ2) is 5.65. The van der Waals surface area contributed by atoms with Gasteiger partial charge in [0, 0.05) is 5.02 Å². The number of halogens is 2. The van der Waals surface area contributed by atoms with E-state index in [4.69, 9.17) is 11.6 Å². The maximum atomic E-state index is 12.9. The Hall–Kier alpha value is -2.22. The first-order chi connectivity index (χ1) is 10.2. The molecule has 2 nitrogen and oxygen atoms in total. The first-order valence-corrected chi connectivity index (χ1v) is 7.29. The Bertz CT molecular complexity index is 875. The standard InChI is InChI=1S/C16H8ClFN2S/c17-12-3-6-15-14(8-12)20-16(21-15)11(9-19)7-10-1-4-13(18)5-2-10/h1-8H/b11-7+. The quantitative estimate of drug-likeness (QED) is 0.613. The topological polar surface area (TPSA) is 36.7 Å². The molecule has 5 heteroatoms. The van der Waals surface area contributed by atoms with Crippen molar-refractivity contribution in [2.24, 2.45) is 0 Å². The fourth-order valence-corrected chi connectivity index (χ4v) is 2.96. The lowest BCUT2D eigenvalue weighted by Gasteiger charge is -1.95. The summed E-state index contributed by atoms with van der Waals surface area (Å²) in [6.45, 7) is 0. The average Bonchev–Trinajstić information content (AvgIpc) is 2.89. The zero-order valence-electron chi connectivity index (χ0n) is 10.7. The molecule has 0 N–H and O–H groups in total. The Morgan fingerprint density at radius 2 is 2.00 bits per heavy atom. The minimum Gasteiger partial charge on any atom is -0.235 e. The monoisotopic (exact) mass is 314 g/mol. The highest BCUT2D eigenvalue weighted by Crippen LogP contribution is 2.29. The normalized spacial score (nSPS) is 11.6. The van der Waals surface area contributed by atoms with Crippen molar-refractivity contribution in [3.63, 3.8) is 0 Å². The molecular weight excluding hydrogens is 307 g/mol. The molecule has 3 rings (SSSR count). The van der Waals surface area contributed by atoms with Gasteiger partial charge in [0.05, 0.1) is 15.8 Å². The van der Waals surface area contributed by atoms with Gasteiger partial charge in [-0.25, -0.2) is 9.37 Å². The summed E-state index contributed by atoms with van der Waals surface area (Å²) < 4.78 is 13.9. The van der Waals surface area contributed by atoms with Gasteiger partial charge in [-0.1, -0.05) is 23.7 Å². The van der Waals surface area contributed by atoms with Crippen LogP contribution in [0, 0.1) is 17.1 Å². The highest BCUT2D eigenvalue weighted by Gasteiger charge is 2.09. The molecule has 0 unspecified atom stereocenters. The van der Waals surface area contributed by atoms with Gasteiger partial charge in [0.1, 0.15) is 16.9 Å². The lowest BCUT2D eigenvalue weighted by molar-refractivity contribution is 0.628. The summed E-state index contributed by atoms with van der Waals surface area (Å²) in [6.07, 6.45) is 1.69. The summed E-state index contributed by atoms with van der Waals surface area (Å²) >= 11 is 7.36. The van der Waals surface area contributed by atoms with E-state index in [1.54, 1.807) is 30.3 Å². The Morgan fingerprint density at radius 1 is 1.24 bits per heavy atom. The van der Waals surface area contributed by atoms with Crippen molar-refractivity contribution in [2.75, 3.05) is 0 Å². The summed E-state index contributed by atoms with van der Waals surface area (Å²) in [5.41, 5.74) is 1.96. The maximum Gasteiger partial charge on any atom is 0.135 e. The van der Waals surface area contributed by atoms with E-state index in [1.807, 2.05) is 6.07 Å². The molecule has 3 aromatic rings. The number of hydrogen-bond acceptors (Lipinski definition) is 3. The van der Waals surface area contributed by atoms with Crippen molar-refractivity contribution in [1.82, 2.24) is 4.98 Å². The number of thiazole rings is 1. The van der Waals surface area contributed by atoms with Crippen LogP contribution in [0.4, 0.5) is 4.39 Å². The van der Waals surface area contributed by atoms with Crippen molar-refractivity contribution < 1.29 is 4.39 Å². The van der Waals surface area contributed by atoms with Gasteiger partial charge in [-0.2, -0.15) is 5.26 Å². The summed E-state index contributed by atoms with van der Waals surface area (Å²) in [4.78, 5) is 4.43. The van der Waals surface area contributed by atoms with Gasteiger partial charge in [-0.15, -0.1) is 11.3 Å². The molecule has 1 heterocycles. The van der Waals surface area contributed by atoms with Gasteiger partial charge in [-0.3, -0.25) is 0 Å². The van der Waals surface area contributed by atoms with Crippen LogP contribution in [0.15, 0.2) is 42.5 Å². The highest BCUT2D eigenvalue weighted by atomic mass is 35.5. The Morgan fingerprint density at radius 3 is 2.71 bits per heavy atom. The van der Waals surface area contributed by atoms with Crippen LogP contribution in [0.3, 0.4) is 0 Å². The molecule has 0 spiro atoms. The van der Waals surface area contributed by atoms with Gasteiger partial charge in [-0.05, 0) is 42.0 Å². The zero-order chi connectivity index (χ0) is 14.8. The third kappa shape index (κ3) is 2.94. The number of nitrogens with zero attached hydrogens (tertiary/aromatic N) is 2. The number of aromatic nitrogens is 1. The van der Waals surface area contributed by atoms with Crippen molar-refractivity contribution in [3.8, 4) is 6.07 Å². The van der Waals surface area contributed by atoms with E-state index in [1.165, 1.54) is 23.5 Å². The molecule has 2 aromatic carbocycles. The Labute approximate surface area is 129 Å². The molecule has 0 radical (unpaired) electrons. The molecule has 0 bridgehead atoms. The molecule has 0 saturated heterocycles. The van der Waals surface area contributed by atoms with E-state index < -0.39 is 0 Å². The molecular formula is C16H8ClFN2S. The van der Waals surface area contributed by atoms with Crippen LogP contribution in [0.25, 0.3) is 21.9 Å². The summed E-state index contributed by atoms with van der Waals surface area (Å²) in [7, 11) is 0. The maximum absolute atomic E-state index is 12.9. The van der Waals surface area contributed by atoms with Crippen LogP contribution in [0.1, 0.15) is 10.6 Å². The third-order valence-electron chi connectivity index (χ3n) is 2.88. The molecule has 1 aromatic heterocycles.